The molecule has 0 aliphatic carbocycles. The number of aromatic nitrogens is 2. The number of aryl methyl sites for hydroxylation is 1. The zero-order valence-electron chi connectivity index (χ0n) is 15.5. The van der Waals surface area contributed by atoms with Crippen molar-refractivity contribution in [1.29, 1.82) is 0 Å². The number of hydrogen-bond donors (Lipinski definition) is 1. The lowest BCUT2D eigenvalue weighted by molar-refractivity contribution is 0.0599. The number of nitrogens with zero attached hydrogens (tertiary/aromatic N) is 2. The Balaban J connectivity index is 1.98. The van der Waals surface area contributed by atoms with Crippen molar-refractivity contribution in [1.82, 2.24) is 14.9 Å². The quantitative estimate of drug-likeness (QED) is 0.854. The fourth-order valence-corrected chi connectivity index (χ4v) is 3.80. The summed E-state index contributed by atoms with van der Waals surface area (Å²) in [4.78, 5) is 34.5. The first-order chi connectivity index (χ1) is 12.5. The smallest absolute Gasteiger partial charge is 0.339 e. The number of ether oxygens (including phenoxy) is 1. The molecule has 1 aliphatic rings. The Labute approximate surface area is 153 Å². The summed E-state index contributed by atoms with van der Waals surface area (Å²) in [6.45, 7) is 4.29. The van der Waals surface area contributed by atoms with E-state index in [1.165, 1.54) is 7.11 Å². The summed E-state index contributed by atoms with van der Waals surface area (Å²) >= 11 is 0. The van der Waals surface area contributed by atoms with Crippen LogP contribution < -0.4 is 0 Å². The zero-order chi connectivity index (χ0) is 18.7. The Bertz CT molecular complexity index is 798. The van der Waals surface area contributed by atoms with E-state index in [0.717, 1.165) is 31.2 Å². The molecule has 1 N–H and O–H groups in total. The second-order valence-corrected chi connectivity index (χ2v) is 6.76. The van der Waals surface area contributed by atoms with Crippen LogP contribution in [0.4, 0.5) is 0 Å². The monoisotopic (exact) mass is 355 g/mol. The molecule has 2 aromatic rings. The second kappa shape index (κ2) is 7.72. The second-order valence-electron chi connectivity index (χ2n) is 6.76. The van der Waals surface area contributed by atoms with Gasteiger partial charge in [-0.15, -0.1) is 0 Å². The van der Waals surface area contributed by atoms with E-state index in [1.807, 2.05) is 17.0 Å². The molecule has 1 aliphatic heterocycles. The molecule has 3 heterocycles. The number of likely N-dealkylation sites (tertiary alicyclic amines) is 1. The minimum absolute atomic E-state index is 0.0255. The minimum Gasteiger partial charge on any atom is -0.465 e. The molecule has 0 aromatic carbocycles. The summed E-state index contributed by atoms with van der Waals surface area (Å²) in [5, 5.41) is 0. The van der Waals surface area contributed by atoms with Crippen LogP contribution in [0.15, 0.2) is 24.5 Å². The van der Waals surface area contributed by atoms with Gasteiger partial charge in [0.05, 0.1) is 18.7 Å². The number of carbonyl (C=O) groups is 2. The first kappa shape index (κ1) is 18.2. The highest BCUT2D eigenvalue weighted by Crippen LogP contribution is 2.32. The van der Waals surface area contributed by atoms with Crippen molar-refractivity contribution in [2.45, 2.75) is 45.6 Å². The Kier molecular flexibility index (Phi) is 5.40. The van der Waals surface area contributed by atoms with Crippen molar-refractivity contribution in [2.24, 2.45) is 0 Å². The van der Waals surface area contributed by atoms with Gasteiger partial charge in [-0.1, -0.05) is 12.8 Å². The fraction of sp³-hybridized carbons (Fsp3) is 0.450. The largest absolute Gasteiger partial charge is 0.465 e. The molecule has 6 heteroatoms. The van der Waals surface area contributed by atoms with E-state index in [0.29, 0.717) is 29.1 Å². The molecule has 2 aromatic heterocycles. The predicted molar refractivity (Wildman–Crippen MR) is 98.1 cm³/mol. The lowest BCUT2D eigenvalue weighted by Gasteiger charge is -2.30. The van der Waals surface area contributed by atoms with E-state index in [-0.39, 0.29) is 11.9 Å². The third-order valence-corrected chi connectivity index (χ3v) is 5.15. The average molecular weight is 355 g/mol. The van der Waals surface area contributed by atoms with Crippen molar-refractivity contribution in [3.63, 3.8) is 0 Å². The van der Waals surface area contributed by atoms with E-state index in [1.54, 1.807) is 26.2 Å². The maximum atomic E-state index is 13.4. The summed E-state index contributed by atoms with van der Waals surface area (Å²) in [7, 11) is 1.35. The third-order valence-electron chi connectivity index (χ3n) is 5.15. The van der Waals surface area contributed by atoms with Gasteiger partial charge in [-0.25, -0.2) is 4.79 Å². The lowest BCUT2D eigenvalue weighted by atomic mass is 10.0. The number of hydrogen-bond acceptors (Lipinski definition) is 4. The lowest BCUT2D eigenvalue weighted by Crippen LogP contribution is -2.35. The van der Waals surface area contributed by atoms with Crippen LogP contribution in [0, 0.1) is 13.8 Å². The highest BCUT2D eigenvalue weighted by atomic mass is 16.5. The van der Waals surface area contributed by atoms with Crippen molar-refractivity contribution in [2.75, 3.05) is 13.7 Å². The maximum absolute atomic E-state index is 13.4. The number of amides is 1. The maximum Gasteiger partial charge on any atom is 0.339 e. The van der Waals surface area contributed by atoms with Gasteiger partial charge in [0.15, 0.2) is 0 Å². The van der Waals surface area contributed by atoms with Crippen LogP contribution in [-0.4, -0.2) is 40.4 Å². The minimum atomic E-state index is -0.420. The Hall–Kier alpha value is -2.63. The van der Waals surface area contributed by atoms with Crippen molar-refractivity contribution < 1.29 is 14.3 Å². The van der Waals surface area contributed by atoms with Crippen molar-refractivity contribution >= 4 is 11.9 Å². The number of H-pyrrole nitrogens is 1. The molecule has 6 nitrogen and oxygen atoms in total. The topological polar surface area (TPSA) is 75.3 Å². The number of methoxy groups -OCH3 is 1. The number of esters is 1. The molecular formula is C20H25N3O3. The molecular weight excluding hydrogens is 330 g/mol. The zero-order valence-corrected chi connectivity index (χ0v) is 15.5. The molecule has 1 saturated heterocycles. The van der Waals surface area contributed by atoms with Gasteiger partial charge < -0.3 is 14.6 Å². The summed E-state index contributed by atoms with van der Waals surface area (Å²) < 4.78 is 4.86. The van der Waals surface area contributed by atoms with Crippen LogP contribution in [0.3, 0.4) is 0 Å². The van der Waals surface area contributed by atoms with Gasteiger partial charge in [0.25, 0.3) is 5.91 Å². The normalized spacial score (nSPS) is 17.7. The third kappa shape index (κ3) is 3.36. The van der Waals surface area contributed by atoms with Gasteiger partial charge in [0, 0.05) is 24.6 Å². The summed E-state index contributed by atoms with van der Waals surface area (Å²) in [5.74, 6) is -0.485. The fourth-order valence-electron chi connectivity index (χ4n) is 3.80. The van der Waals surface area contributed by atoms with E-state index >= 15 is 0 Å². The Morgan fingerprint density at radius 1 is 1.19 bits per heavy atom. The first-order valence-corrected chi connectivity index (χ1v) is 9.03. The summed E-state index contributed by atoms with van der Waals surface area (Å²) in [6, 6.07) is 3.98. The predicted octanol–water partition coefficient (Wildman–Crippen LogP) is 3.57. The van der Waals surface area contributed by atoms with E-state index in [9.17, 15) is 9.59 Å². The SMILES string of the molecule is COC(=O)c1c(C)[nH]c(C(=O)N2CCCCC[C@H]2c2ccncc2)c1C. The molecule has 0 unspecified atom stereocenters. The first-order valence-electron chi connectivity index (χ1n) is 9.03. The van der Waals surface area contributed by atoms with Crippen molar-refractivity contribution in [3.8, 4) is 0 Å². The van der Waals surface area contributed by atoms with Gasteiger partial charge in [0.1, 0.15) is 5.69 Å². The number of rotatable bonds is 3. The van der Waals surface area contributed by atoms with Crippen LogP contribution in [0.5, 0.6) is 0 Å². The summed E-state index contributed by atoms with van der Waals surface area (Å²) in [6.07, 6.45) is 7.65. The molecule has 0 saturated carbocycles. The molecule has 0 radical (unpaired) electrons. The van der Waals surface area contributed by atoms with Gasteiger partial charge >= 0.3 is 5.97 Å². The molecule has 0 bridgehead atoms. The van der Waals surface area contributed by atoms with Gasteiger partial charge in [-0.2, -0.15) is 0 Å². The molecule has 1 fully saturated rings. The number of aromatic amines is 1. The molecule has 1 atom stereocenters. The van der Waals surface area contributed by atoms with Crippen LogP contribution in [0.1, 0.15) is 69.4 Å². The molecule has 3 rings (SSSR count). The standard InChI is InChI=1S/C20H25N3O3/c1-13-17(20(25)26-3)14(2)22-18(13)19(24)23-12-6-4-5-7-16(23)15-8-10-21-11-9-15/h8-11,16,22H,4-7,12H2,1-3H3/t16-/m0/s1. The Morgan fingerprint density at radius 2 is 1.92 bits per heavy atom. The number of carbonyl (C=O) groups excluding carboxylic acids is 2. The van der Waals surface area contributed by atoms with E-state index < -0.39 is 5.97 Å². The van der Waals surface area contributed by atoms with Gasteiger partial charge in [-0.3, -0.25) is 9.78 Å². The molecule has 1 amide bonds. The number of pyridine rings is 1. The molecule has 26 heavy (non-hydrogen) atoms. The van der Waals surface area contributed by atoms with Gasteiger partial charge in [0.2, 0.25) is 0 Å². The highest BCUT2D eigenvalue weighted by Gasteiger charge is 2.31. The summed E-state index contributed by atoms with van der Waals surface area (Å²) in [5.41, 5.74) is 3.34. The van der Waals surface area contributed by atoms with Crippen LogP contribution in [0.25, 0.3) is 0 Å². The van der Waals surface area contributed by atoms with Crippen LogP contribution >= 0.6 is 0 Å². The number of nitrogens with one attached hydrogen (secondary N) is 1. The van der Waals surface area contributed by atoms with E-state index in [2.05, 4.69) is 9.97 Å². The van der Waals surface area contributed by atoms with Crippen molar-refractivity contribution in [3.05, 3.63) is 52.6 Å². The average Bonchev–Trinajstić information content (AvgIpc) is 2.83. The van der Waals surface area contributed by atoms with Crippen LogP contribution in [0.2, 0.25) is 0 Å². The van der Waals surface area contributed by atoms with Gasteiger partial charge in [-0.05, 0) is 49.9 Å². The highest BCUT2D eigenvalue weighted by molar-refractivity contribution is 6.00. The Morgan fingerprint density at radius 3 is 2.62 bits per heavy atom. The molecule has 138 valence electrons. The molecule has 0 spiro atoms. The van der Waals surface area contributed by atoms with Crippen LogP contribution in [-0.2, 0) is 4.74 Å². The van der Waals surface area contributed by atoms with E-state index in [4.69, 9.17) is 4.74 Å².